The fourth-order valence-electron chi connectivity index (χ4n) is 2.33. The van der Waals surface area contributed by atoms with Crippen LogP contribution in [0.1, 0.15) is 31.9 Å². The molecule has 0 saturated heterocycles. The second-order valence-corrected chi connectivity index (χ2v) is 5.28. The summed E-state index contributed by atoms with van der Waals surface area (Å²) in [4.78, 5) is 2.15. The molecule has 0 aliphatic rings. The van der Waals surface area contributed by atoms with Gasteiger partial charge >= 0.3 is 0 Å². The first-order valence-electron chi connectivity index (χ1n) is 7.09. The van der Waals surface area contributed by atoms with Gasteiger partial charge < -0.3 is 15.0 Å². The molecule has 0 fully saturated rings. The van der Waals surface area contributed by atoms with Crippen molar-refractivity contribution in [1.82, 2.24) is 5.32 Å². The lowest BCUT2D eigenvalue weighted by Gasteiger charge is -2.26. The molecule has 1 aromatic rings. The van der Waals surface area contributed by atoms with Crippen molar-refractivity contribution in [3.05, 3.63) is 29.8 Å². The minimum Gasteiger partial charge on any atom is -0.385 e. The number of rotatable bonds is 8. The summed E-state index contributed by atoms with van der Waals surface area (Å²) in [5.74, 6) is 0.553. The van der Waals surface area contributed by atoms with E-state index in [0.717, 1.165) is 19.6 Å². The molecule has 1 N–H and O–H groups in total. The number of methoxy groups -OCH3 is 1. The lowest BCUT2D eigenvalue weighted by atomic mass is 9.91. The minimum atomic E-state index is 0.389. The Bertz CT molecular complexity index is 366. The van der Waals surface area contributed by atoms with Gasteiger partial charge in [-0.1, -0.05) is 26.0 Å². The van der Waals surface area contributed by atoms with Crippen molar-refractivity contribution in [2.45, 2.75) is 26.3 Å². The van der Waals surface area contributed by atoms with E-state index < -0.39 is 0 Å². The number of nitrogens with zero attached hydrogens (tertiary/aromatic N) is 1. The highest BCUT2D eigenvalue weighted by Gasteiger charge is 2.18. The molecule has 0 aliphatic heterocycles. The molecule has 2 atom stereocenters. The Morgan fingerprint density at radius 2 is 2.05 bits per heavy atom. The normalized spacial score (nSPS) is 14.2. The van der Waals surface area contributed by atoms with E-state index in [1.165, 1.54) is 11.3 Å². The van der Waals surface area contributed by atoms with Gasteiger partial charge in [-0.3, -0.25) is 0 Å². The van der Waals surface area contributed by atoms with Crippen molar-refractivity contribution in [1.29, 1.82) is 0 Å². The smallest absolute Gasteiger partial charge is 0.0465 e. The van der Waals surface area contributed by atoms with Gasteiger partial charge in [-0.2, -0.15) is 0 Å². The van der Waals surface area contributed by atoms with Crippen LogP contribution < -0.4 is 10.2 Å². The Hall–Kier alpha value is -1.06. The maximum Gasteiger partial charge on any atom is 0.0465 e. The molecule has 0 heterocycles. The molecule has 3 nitrogen and oxygen atoms in total. The summed E-state index contributed by atoms with van der Waals surface area (Å²) in [5, 5.41) is 3.60. The average Bonchev–Trinajstić information content (AvgIpc) is 2.42. The molecular weight excluding hydrogens is 236 g/mol. The minimum absolute atomic E-state index is 0.389. The number of hydrogen-bond donors (Lipinski definition) is 1. The van der Waals surface area contributed by atoms with E-state index in [9.17, 15) is 0 Å². The van der Waals surface area contributed by atoms with Crippen molar-refractivity contribution in [2.75, 3.05) is 39.3 Å². The van der Waals surface area contributed by atoms with Gasteiger partial charge in [-0.15, -0.1) is 0 Å². The number of anilines is 1. The SMILES string of the molecule is CCNC(c1cccc(N(C)C)c1)C(C)CCOC. The van der Waals surface area contributed by atoms with E-state index in [0.29, 0.717) is 12.0 Å². The van der Waals surface area contributed by atoms with Crippen LogP contribution in [0, 0.1) is 5.92 Å². The molecule has 0 bridgehead atoms. The van der Waals surface area contributed by atoms with Crippen LogP contribution in [0.4, 0.5) is 5.69 Å². The van der Waals surface area contributed by atoms with Crippen molar-refractivity contribution in [2.24, 2.45) is 5.92 Å². The van der Waals surface area contributed by atoms with Crippen molar-refractivity contribution in [3.8, 4) is 0 Å². The van der Waals surface area contributed by atoms with Crippen LogP contribution in [0.15, 0.2) is 24.3 Å². The Morgan fingerprint density at radius 1 is 1.32 bits per heavy atom. The van der Waals surface area contributed by atoms with E-state index in [1.807, 2.05) is 0 Å². The first-order chi connectivity index (χ1) is 9.10. The number of nitrogens with one attached hydrogen (secondary N) is 1. The average molecular weight is 264 g/mol. The molecule has 2 unspecified atom stereocenters. The molecule has 108 valence electrons. The van der Waals surface area contributed by atoms with E-state index in [-0.39, 0.29) is 0 Å². The zero-order valence-corrected chi connectivity index (χ0v) is 12.9. The van der Waals surface area contributed by atoms with Crippen LogP contribution in [-0.2, 0) is 4.74 Å². The zero-order chi connectivity index (χ0) is 14.3. The first kappa shape index (κ1) is 16.0. The van der Waals surface area contributed by atoms with Crippen LogP contribution in [0.25, 0.3) is 0 Å². The third-order valence-corrected chi connectivity index (χ3v) is 3.52. The zero-order valence-electron chi connectivity index (χ0n) is 12.9. The highest BCUT2D eigenvalue weighted by Crippen LogP contribution is 2.27. The molecule has 0 amide bonds. The molecule has 0 radical (unpaired) electrons. The van der Waals surface area contributed by atoms with Crippen LogP contribution in [0.3, 0.4) is 0 Å². The van der Waals surface area contributed by atoms with Crippen LogP contribution in [-0.4, -0.2) is 34.4 Å². The van der Waals surface area contributed by atoms with E-state index in [4.69, 9.17) is 4.74 Å². The molecule has 19 heavy (non-hydrogen) atoms. The summed E-state index contributed by atoms with van der Waals surface area (Å²) in [6.07, 6.45) is 1.07. The lowest BCUT2D eigenvalue weighted by Crippen LogP contribution is -2.27. The van der Waals surface area contributed by atoms with Crippen molar-refractivity contribution >= 4 is 5.69 Å². The lowest BCUT2D eigenvalue weighted by molar-refractivity contribution is 0.170. The molecule has 1 aromatic carbocycles. The highest BCUT2D eigenvalue weighted by molar-refractivity contribution is 5.47. The maximum atomic E-state index is 5.20. The monoisotopic (exact) mass is 264 g/mol. The highest BCUT2D eigenvalue weighted by atomic mass is 16.5. The van der Waals surface area contributed by atoms with E-state index >= 15 is 0 Å². The van der Waals surface area contributed by atoms with Gasteiger partial charge in [0, 0.05) is 39.5 Å². The maximum absolute atomic E-state index is 5.20. The van der Waals surface area contributed by atoms with Gasteiger partial charge in [0.1, 0.15) is 0 Å². The summed E-state index contributed by atoms with van der Waals surface area (Å²) in [7, 11) is 5.92. The number of ether oxygens (including phenoxy) is 1. The fourth-order valence-corrected chi connectivity index (χ4v) is 2.33. The molecule has 3 heteroatoms. The first-order valence-corrected chi connectivity index (χ1v) is 7.09. The molecule has 0 aromatic heterocycles. The summed E-state index contributed by atoms with van der Waals surface area (Å²) < 4.78 is 5.20. The quantitative estimate of drug-likeness (QED) is 0.781. The molecule has 0 spiro atoms. The third-order valence-electron chi connectivity index (χ3n) is 3.52. The van der Waals surface area contributed by atoms with Crippen molar-refractivity contribution in [3.63, 3.8) is 0 Å². The second kappa shape index (κ2) is 8.18. The summed E-state index contributed by atoms with van der Waals surface area (Å²) >= 11 is 0. The third kappa shape index (κ3) is 4.84. The summed E-state index contributed by atoms with van der Waals surface area (Å²) in [6, 6.07) is 9.16. The standard InChI is InChI=1S/C16H28N2O/c1-6-17-16(13(2)10-11-19-5)14-8-7-9-15(12-14)18(3)4/h7-9,12-13,16-17H,6,10-11H2,1-5H3. The second-order valence-electron chi connectivity index (χ2n) is 5.28. The largest absolute Gasteiger partial charge is 0.385 e. The molecule has 0 aliphatic carbocycles. The molecule has 1 rings (SSSR count). The Morgan fingerprint density at radius 3 is 2.63 bits per heavy atom. The summed E-state index contributed by atoms with van der Waals surface area (Å²) in [6.45, 7) is 6.24. The Kier molecular flexibility index (Phi) is 6.89. The van der Waals surface area contributed by atoms with Gasteiger partial charge in [-0.25, -0.2) is 0 Å². The topological polar surface area (TPSA) is 24.5 Å². The molecular formula is C16H28N2O. The van der Waals surface area contributed by atoms with E-state index in [2.05, 4.69) is 62.4 Å². The summed E-state index contributed by atoms with van der Waals surface area (Å²) in [5.41, 5.74) is 2.61. The van der Waals surface area contributed by atoms with Gasteiger partial charge in [-0.05, 0) is 36.6 Å². The predicted molar refractivity (Wildman–Crippen MR) is 82.8 cm³/mol. The van der Waals surface area contributed by atoms with Crippen LogP contribution in [0.2, 0.25) is 0 Å². The Balaban J connectivity index is 2.88. The number of hydrogen-bond acceptors (Lipinski definition) is 3. The van der Waals surface area contributed by atoms with Gasteiger partial charge in [0.25, 0.3) is 0 Å². The van der Waals surface area contributed by atoms with Gasteiger partial charge in [0.2, 0.25) is 0 Å². The Labute approximate surface area is 118 Å². The number of benzene rings is 1. The molecule has 0 saturated carbocycles. The van der Waals surface area contributed by atoms with Crippen molar-refractivity contribution < 1.29 is 4.74 Å². The predicted octanol–water partition coefficient (Wildman–Crippen LogP) is 3.08. The van der Waals surface area contributed by atoms with Gasteiger partial charge in [0.15, 0.2) is 0 Å². The fraction of sp³-hybridized carbons (Fsp3) is 0.625. The van der Waals surface area contributed by atoms with Crippen LogP contribution in [0.5, 0.6) is 0 Å². The van der Waals surface area contributed by atoms with Gasteiger partial charge in [0.05, 0.1) is 0 Å². The van der Waals surface area contributed by atoms with E-state index in [1.54, 1.807) is 7.11 Å². The van der Waals surface area contributed by atoms with Crippen LogP contribution >= 0.6 is 0 Å².